The molecule has 6 nitrogen and oxygen atoms in total. The van der Waals surface area contributed by atoms with Crippen LogP contribution in [-0.4, -0.2) is 35.8 Å². The molecule has 0 radical (unpaired) electrons. The molecule has 3 heterocycles. The number of rotatable bonds is 6. The monoisotopic (exact) mass is 443 g/mol. The highest BCUT2D eigenvalue weighted by atomic mass is 16.3. The second-order valence-corrected chi connectivity index (χ2v) is 8.95. The largest absolute Gasteiger partial charge is 0.467 e. The Bertz CT molecular complexity index is 1160. The van der Waals surface area contributed by atoms with Gasteiger partial charge >= 0.3 is 0 Å². The van der Waals surface area contributed by atoms with Gasteiger partial charge in [0.15, 0.2) is 0 Å². The van der Waals surface area contributed by atoms with E-state index in [9.17, 15) is 9.59 Å². The highest BCUT2D eigenvalue weighted by Gasteiger charge is 2.28. The van der Waals surface area contributed by atoms with Crippen LogP contribution < -0.4 is 10.2 Å². The molecule has 2 amide bonds. The zero-order valence-corrected chi connectivity index (χ0v) is 18.9. The number of para-hydroxylation sites is 1. The molecular formula is C27H29N3O3. The van der Waals surface area contributed by atoms with Crippen molar-refractivity contribution in [2.75, 3.05) is 18.0 Å². The molecule has 3 aromatic rings. The summed E-state index contributed by atoms with van der Waals surface area (Å²) in [5.74, 6) is 0.557. The first kappa shape index (κ1) is 21.3. The number of hydrogen-bond acceptors (Lipinski definition) is 4. The number of likely N-dealkylation sites (tertiary alicyclic amines) is 1. The molecule has 1 N–H and O–H groups in total. The van der Waals surface area contributed by atoms with Gasteiger partial charge in [0.1, 0.15) is 5.76 Å². The molecule has 5 rings (SSSR count). The van der Waals surface area contributed by atoms with Crippen molar-refractivity contribution in [3.8, 4) is 0 Å². The molecule has 33 heavy (non-hydrogen) atoms. The van der Waals surface area contributed by atoms with Crippen LogP contribution in [0.1, 0.15) is 57.4 Å². The van der Waals surface area contributed by atoms with Crippen molar-refractivity contribution >= 4 is 17.5 Å². The fourth-order valence-corrected chi connectivity index (χ4v) is 4.89. The van der Waals surface area contributed by atoms with Gasteiger partial charge in [-0.25, -0.2) is 0 Å². The second kappa shape index (κ2) is 9.14. The number of furan rings is 1. The average molecular weight is 444 g/mol. The van der Waals surface area contributed by atoms with Crippen LogP contribution in [0.25, 0.3) is 0 Å². The summed E-state index contributed by atoms with van der Waals surface area (Å²) in [6, 6.07) is 18.0. The summed E-state index contributed by atoms with van der Waals surface area (Å²) in [4.78, 5) is 29.8. The molecule has 170 valence electrons. The molecule has 2 aliphatic heterocycles. The summed E-state index contributed by atoms with van der Waals surface area (Å²) >= 11 is 0. The highest BCUT2D eigenvalue weighted by molar-refractivity contribution is 5.96. The standard InChI is InChI=1S/C27H29N3O3/c1-19-15-21-8-2-3-10-24(21)30(19)18-25-23(11-14-33-25)26(31)28-17-20-7-6-9-22(16-20)27(32)29-12-4-5-13-29/h2-3,6-11,14,16,19H,4-5,12-13,15,17-18H2,1H3,(H,28,31). The van der Waals surface area contributed by atoms with Crippen LogP contribution in [0.3, 0.4) is 0 Å². The predicted octanol–water partition coefficient (Wildman–Crippen LogP) is 4.40. The topological polar surface area (TPSA) is 65.8 Å². The van der Waals surface area contributed by atoms with Crippen molar-refractivity contribution in [1.82, 2.24) is 10.2 Å². The highest BCUT2D eigenvalue weighted by Crippen LogP contribution is 2.33. The Morgan fingerprint density at radius 1 is 1.06 bits per heavy atom. The third kappa shape index (κ3) is 4.38. The van der Waals surface area contributed by atoms with Crippen LogP contribution in [0.4, 0.5) is 5.69 Å². The summed E-state index contributed by atoms with van der Waals surface area (Å²) in [5.41, 5.74) is 4.66. The summed E-state index contributed by atoms with van der Waals surface area (Å²) < 4.78 is 5.72. The third-order valence-electron chi connectivity index (χ3n) is 6.67. The Labute approximate surface area is 194 Å². The molecule has 6 heteroatoms. The lowest BCUT2D eigenvalue weighted by molar-refractivity contribution is 0.0792. The molecule has 0 aliphatic carbocycles. The number of fused-ring (bicyclic) bond motifs is 1. The minimum Gasteiger partial charge on any atom is -0.467 e. The van der Waals surface area contributed by atoms with E-state index in [0.717, 1.165) is 37.9 Å². The molecule has 1 saturated heterocycles. The lowest BCUT2D eigenvalue weighted by Crippen LogP contribution is -2.30. The van der Waals surface area contributed by atoms with E-state index in [4.69, 9.17) is 4.42 Å². The van der Waals surface area contributed by atoms with Crippen LogP contribution in [0.5, 0.6) is 0 Å². The Kier molecular flexibility index (Phi) is 5.90. The van der Waals surface area contributed by atoms with E-state index in [0.29, 0.717) is 36.0 Å². The maximum absolute atomic E-state index is 13.0. The quantitative estimate of drug-likeness (QED) is 0.613. The van der Waals surface area contributed by atoms with Crippen molar-refractivity contribution in [2.45, 2.75) is 45.3 Å². The van der Waals surface area contributed by atoms with Gasteiger partial charge < -0.3 is 19.5 Å². The number of amides is 2. The molecule has 2 aromatic carbocycles. The number of benzene rings is 2. The van der Waals surface area contributed by atoms with Gasteiger partial charge in [0.25, 0.3) is 11.8 Å². The first-order chi connectivity index (χ1) is 16.1. The normalized spacial score (nSPS) is 17.3. The zero-order chi connectivity index (χ0) is 22.8. The Morgan fingerprint density at radius 2 is 1.88 bits per heavy atom. The van der Waals surface area contributed by atoms with Crippen LogP contribution in [0, 0.1) is 0 Å². The maximum Gasteiger partial charge on any atom is 0.255 e. The second-order valence-electron chi connectivity index (χ2n) is 8.95. The van der Waals surface area contributed by atoms with Crippen LogP contribution in [0.15, 0.2) is 65.3 Å². The fraction of sp³-hybridized carbons (Fsp3) is 0.333. The first-order valence-corrected chi connectivity index (χ1v) is 11.7. The van der Waals surface area contributed by atoms with E-state index in [-0.39, 0.29) is 11.8 Å². The predicted molar refractivity (Wildman–Crippen MR) is 127 cm³/mol. The molecular weight excluding hydrogens is 414 g/mol. The molecule has 0 saturated carbocycles. The molecule has 1 aromatic heterocycles. The number of carbonyl (C=O) groups is 2. The number of carbonyl (C=O) groups excluding carboxylic acids is 2. The van der Waals surface area contributed by atoms with Crippen molar-refractivity contribution in [2.24, 2.45) is 0 Å². The Morgan fingerprint density at radius 3 is 2.73 bits per heavy atom. The molecule has 1 unspecified atom stereocenters. The Balaban J connectivity index is 1.24. The van der Waals surface area contributed by atoms with Crippen molar-refractivity contribution in [3.63, 3.8) is 0 Å². The SMILES string of the molecule is CC1Cc2ccccc2N1Cc1occc1C(=O)NCc1cccc(C(=O)N2CCCC2)c1. The van der Waals surface area contributed by atoms with Gasteiger partial charge in [0.05, 0.1) is 18.4 Å². The molecule has 1 atom stereocenters. The van der Waals surface area contributed by atoms with Gasteiger partial charge in [0.2, 0.25) is 0 Å². The lowest BCUT2D eigenvalue weighted by Gasteiger charge is -2.24. The third-order valence-corrected chi connectivity index (χ3v) is 6.67. The van der Waals surface area contributed by atoms with E-state index in [1.165, 1.54) is 11.3 Å². The van der Waals surface area contributed by atoms with Gasteiger partial charge in [-0.1, -0.05) is 30.3 Å². The summed E-state index contributed by atoms with van der Waals surface area (Å²) in [5, 5.41) is 2.99. The maximum atomic E-state index is 13.0. The van der Waals surface area contributed by atoms with Crippen LogP contribution in [-0.2, 0) is 19.5 Å². The lowest BCUT2D eigenvalue weighted by atomic mass is 10.1. The van der Waals surface area contributed by atoms with Crippen LogP contribution >= 0.6 is 0 Å². The summed E-state index contributed by atoms with van der Waals surface area (Å²) in [7, 11) is 0. The van der Waals surface area contributed by atoms with E-state index < -0.39 is 0 Å². The number of nitrogens with zero attached hydrogens (tertiary/aromatic N) is 2. The van der Waals surface area contributed by atoms with Crippen molar-refractivity contribution in [1.29, 1.82) is 0 Å². The fourth-order valence-electron chi connectivity index (χ4n) is 4.89. The molecule has 0 spiro atoms. The van der Waals surface area contributed by atoms with E-state index in [1.54, 1.807) is 12.3 Å². The van der Waals surface area contributed by atoms with E-state index >= 15 is 0 Å². The minimum atomic E-state index is -0.171. The minimum absolute atomic E-state index is 0.0674. The summed E-state index contributed by atoms with van der Waals surface area (Å²) in [6.07, 6.45) is 4.70. The zero-order valence-electron chi connectivity index (χ0n) is 18.9. The number of anilines is 1. The van der Waals surface area contributed by atoms with Gasteiger partial charge in [-0.15, -0.1) is 0 Å². The van der Waals surface area contributed by atoms with E-state index in [1.807, 2.05) is 35.2 Å². The van der Waals surface area contributed by atoms with Crippen molar-refractivity contribution in [3.05, 3.63) is 88.9 Å². The molecule has 1 fully saturated rings. The van der Waals surface area contributed by atoms with E-state index in [2.05, 4.69) is 35.3 Å². The number of nitrogens with one attached hydrogen (secondary N) is 1. The van der Waals surface area contributed by atoms with Gasteiger partial charge in [-0.05, 0) is 61.6 Å². The summed E-state index contributed by atoms with van der Waals surface area (Å²) in [6.45, 7) is 4.74. The van der Waals surface area contributed by atoms with Crippen LogP contribution in [0.2, 0.25) is 0 Å². The van der Waals surface area contributed by atoms with Gasteiger partial charge in [-0.3, -0.25) is 9.59 Å². The molecule has 0 bridgehead atoms. The first-order valence-electron chi connectivity index (χ1n) is 11.7. The number of hydrogen-bond donors (Lipinski definition) is 1. The smallest absolute Gasteiger partial charge is 0.255 e. The molecule has 2 aliphatic rings. The van der Waals surface area contributed by atoms with Gasteiger partial charge in [0, 0.05) is 36.9 Å². The van der Waals surface area contributed by atoms with Gasteiger partial charge in [-0.2, -0.15) is 0 Å². The Hall–Kier alpha value is -3.54. The average Bonchev–Trinajstić information content (AvgIpc) is 3.59. The van der Waals surface area contributed by atoms with Crippen molar-refractivity contribution < 1.29 is 14.0 Å².